The summed E-state index contributed by atoms with van der Waals surface area (Å²) in [5.41, 5.74) is 2.55. The summed E-state index contributed by atoms with van der Waals surface area (Å²) in [4.78, 5) is 6.58. The highest BCUT2D eigenvalue weighted by Crippen LogP contribution is 2.42. The number of piperidine rings is 1. The lowest BCUT2D eigenvalue weighted by Crippen LogP contribution is -2.47. The van der Waals surface area contributed by atoms with Crippen LogP contribution in [0.2, 0.25) is 0 Å². The van der Waals surface area contributed by atoms with Crippen LogP contribution in [-0.2, 0) is 29.7 Å². The molecule has 0 amide bonds. The van der Waals surface area contributed by atoms with E-state index in [1.54, 1.807) is 0 Å². The van der Waals surface area contributed by atoms with Gasteiger partial charge in [0, 0.05) is 64.0 Å². The molecule has 2 saturated heterocycles. The zero-order chi connectivity index (χ0) is 18.5. The molecule has 0 saturated carbocycles. The van der Waals surface area contributed by atoms with Crippen molar-refractivity contribution in [2.75, 3.05) is 26.3 Å². The first kappa shape index (κ1) is 18.6. The van der Waals surface area contributed by atoms with Crippen molar-refractivity contribution in [3.05, 3.63) is 48.0 Å². The summed E-state index contributed by atoms with van der Waals surface area (Å²) in [5, 5.41) is 4.28. The van der Waals surface area contributed by atoms with Gasteiger partial charge >= 0.3 is 0 Å². The fourth-order valence-electron chi connectivity index (χ4n) is 4.54. The molecule has 0 unspecified atom stereocenters. The van der Waals surface area contributed by atoms with Crippen molar-refractivity contribution in [2.45, 2.75) is 44.4 Å². The van der Waals surface area contributed by atoms with Crippen molar-refractivity contribution >= 4 is 0 Å². The van der Waals surface area contributed by atoms with E-state index in [0.717, 1.165) is 52.1 Å². The molecule has 0 bridgehead atoms. The van der Waals surface area contributed by atoms with Crippen LogP contribution < -0.4 is 0 Å². The molecule has 2 aliphatic heterocycles. The second-order valence-corrected chi connectivity index (χ2v) is 7.89. The molecule has 146 valence electrons. The molecule has 1 spiro atoms. The molecular weight excluding hydrogens is 340 g/mol. The summed E-state index contributed by atoms with van der Waals surface area (Å²) in [6.07, 6.45) is 12.2. The molecule has 0 N–H and O–H groups in total. The Bertz CT molecular complexity index is 710. The largest absolute Gasteiger partial charge is 0.377 e. The number of aryl methyl sites for hydroxylation is 1. The van der Waals surface area contributed by atoms with E-state index in [9.17, 15) is 0 Å². The summed E-state index contributed by atoms with van der Waals surface area (Å²) < 4.78 is 14.1. The predicted molar refractivity (Wildman–Crippen MR) is 103 cm³/mol. The van der Waals surface area contributed by atoms with Gasteiger partial charge in [-0.1, -0.05) is 0 Å². The quantitative estimate of drug-likeness (QED) is 0.702. The van der Waals surface area contributed by atoms with Crippen LogP contribution in [-0.4, -0.2) is 51.6 Å². The molecular formula is C21H30N4O2. The third-order valence-electron chi connectivity index (χ3n) is 6.10. The van der Waals surface area contributed by atoms with Gasteiger partial charge in [0.1, 0.15) is 0 Å². The van der Waals surface area contributed by atoms with Crippen molar-refractivity contribution in [2.24, 2.45) is 13.0 Å². The van der Waals surface area contributed by atoms with Gasteiger partial charge in [-0.25, -0.2) is 0 Å². The molecule has 2 aromatic rings. The van der Waals surface area contributed by atoms with Gasteiger partial charge in [-0.3, -0.25) is 14.6 Å². The Morgan fingerprint density at radius 3 is 2.78 bits per heavy atom. The van der Waals surface area contributed by atoms with Crippen LogP contribution in [0.15, 0.2) is 36.9 Å². The lowest BCUT2D eigenvalue weighted by molar-refractivity contribution is -0.0733. The molecule has 2 fully saturated rings. The van der Waals surface area contributed by atoms with Crippen molar-refractivity contribution in [1.29, 1.82) is 0 Å². The van der Waals surface area contributed by atoms with Crippen LogP contribution in [0, 0.1) is 5.92 Å². The van der Waals surface area contributed by atoms with E-state index in [1.165, 1.54) is 17.5 Å². The average molecular weight is 370 g/mol. The number of hydrogen-bond acceptors (Lipinski definition) is 5. The highest BCUT2D eigenvalue weighted by molar-refractivity contribution is 5.08. The smallest absolute Gasteiger partial charge is 0.0736 e. The number of aromatic nitrogens is 3. The zero-order valence-corrected chi connectivity index (χ0v) is 16.2. The van der Waals surface area contributed by atoms with E-state index in [2.05, 4.69) is 21.2 Å². The second-order valence-electron chi connectivity index (χ2n) is 7.89. The van der Waals surface area contributed by atoms with Crippen LogP contribution in [0.1, 0.15) is 36.8 Å². The first-order valence-electron chi connectivity index (χ1n) is 10.0. The molecule has 4 rings (SSSR count). The van der Waals surface area contributed by atoms with Gasteiger partial charge in [0.2, 0.25) is 0 Å². The van der Waals surface area contributed by atoms with E-state index >= 15 is 0 Å². The Morgan fingerprint density at radius 1 is 1.22 bits per heavy atom. The van der Waals surface area contributed by atoms with E-state index < -0.39 is 0 Å². The van der Waals surface area contributed by atoms with Crippen molar-refractivity contribution in [3.8, 4) is 0 Å². The van der Waals surface area contributed by atoms with Crippen molar-refractivity contribution in [1.82, 2.24) is 19.7 Å². The predicted octanol–water partition coefficient (Wildman–Crippen LogP) is 2.79. The van der Waals surface area contributed by atoms with E-state index in [4.69, 9.17) is 9.47 Å². The molecule has 6 heteroatoms. The number of hydrogen-bond donors (Lipinski definition) is 0. The lowest BCUT2D eigenvalue weighted by Gasteiger charge is -2.42. The highest BCUT2D eigenvalue weighted by Gasteiger charge is 2.45. The topological polar surface area (TPSA) is 52.4 Å². The minimum atomic E-state index is 0.0749. The Hall–Kier alpha value is -1.76. The standard InChI is InChI=1S/C21H30N4O2/c1-24-15-19(14-23-24)16-25-10-6-21(7-11-25)20(5-13-27-21)4-12-26-17-18-2-8-22-9-3-18/h2-3,8-9,14-15,20H,4-7,10-13,16-17H2,1H3/t20-/m1/s1. The first-order chi connectivity index (χ1) is 13.2. The first-order valence-corrected chi connectivity index (χ1v) is 10.0. The lowest BCUT2D eigenvalue weighted by atomic mass is 9.78. The molecule has 27 heavy (non-hydrogen) atoms. The van der Waals surface area contributed by atoms with Crippen molar-refractivity contribution in [3.63, 3.8) is 0 Å². The number of rotatable bonds is 7. The molecule has 1 atom stereocenters. The maximum atomic E-state index is 6.31. The normalized spacial score (nSPS) is 22.5. The van der Waals surface area contributed by atoms with E-state index in [1.807, 2.05) is 42.5 Å². The van der Waals surface area contributed by atoms with Gasteiger partial charge in [0.15, 0.2) is 0 Å². The number of likely N-dealkylation sites (tertiary alicyclic amines) is 1. The third-order valence-corrected chi connectivity index (χ3v) is 6.10. The van der Waals surface area contributed by atoms with Gasteiger partial charge in [-0.05, 0) is 49.3 Å². The molecule has 0 radical (unpaired) electrons. The molecule has 0 aromatic carbocycles. The average Bonchev–Trinajstić information content (AvgIpc) is 3.28. The maximum Gasteiger partial charge on any atom is 0.0736 e. The Kier molecular flexibility index (Phi) is 5.86. The SMILES string of the molecule is Cn1cc(CN2CCC3(CC2)OCC[C@H]3CCOCc2ccncc2)cn1. The summed E-state index contributed by atoms with van der Waals surface area (Å²) in [6.45, 7) is 5.56. The number of ether oxygens (including phenoxy) is 2. The van der Waals surface area contributed by atoms with Gasteiger partial charge < -0.3 is 9.47 Å². The van der Waals surface area contributed by atoms with E-state index in [-0.39, 0.29) is 5.60 Å². The molecule has 2 aromatic heterocycles. The van der Waals surface area contributed by atoms with Crippen LogP contribution in [0.5, 0.6) is 0 Å². The number of nitrogens with zero attached hydrogens (tertiary/aromatic N) is 4. The van der Waals surface area contributed by atoms with Gasteiger partial charge in [0.25, 0.3) is 0 Å². The van der Waals surface area contributed by atoms with Gasteiger partial charge in [0.05, 0.1) is 18.4 Å². The minimum absolute atomic E-state index is 0.0749. The van der Waals surface area contributed by atoms with Crippen LogP contribution >= 0.6 is 0 Å². The fourth-order valence-corrected chi connectivity index (χ4v) is 4.54. The summed E-state index contributed by atoms with van der Waals surface area (Å²) in [5.74, 6) is 0.621. The van der Waals surface area contributed by atoms with E-state index in [0.29, 0.717) is 12.5 Å². The van der Waals surface area contributed by atoms with Crippen LogP contribution in [0.3, 0.4) is 0 Å². The second kappa shape index (κ2) is 8.50. The van der Waals surface area contributed by atoms with Gasteiger partial charge in [-0.2, -0.15) is 5.10 Å². The van der Waals surface area contributed by atoms with Gasteiger partial charge in [-0.15, -0.1) is 0 Å². The minimum Gasteiger partial charge on any atom is -0.377 e. The maximum absolute atomic E-state index is 6.31. The summed E-state index contributed by atoms with van der Waals surface area (Å²) in [6, 6.07) is 4.02. The summed E-state index contributed by atoms with van der Waals surface area (Å²) >= 11 is 0. The van der Waals surface area contributed by atoms with Crippen molar-refractivity contribution < 1.29 is 9.47 Å². The number of pyridine rings is 1. The Morgan fingerprint density at radius 2 is 2.04 bits per heavy atom. The Balaban J connectivity index is 1.23. The molecule has 6 nitrogen and oxygen atoms in total. The fraction of sp³-hybridized carbons (Fsp3) is 0.619. The Labute approximate surface area is 161 Å². The van der Waals surface area contributed by atoms with Crippen LogP contribution in [0.25, 0.3) is 0 Å². The highest BCUT2D eigenvalue weighted by atomic mass is 16.5. The molecule has 0 aliphatic carbocycles. The summed E-state index contributed by atoms with van der Waals surface area (Å²) in [7, 11) is 1.97. The monoisotopic (exact) mass is 370 g/mol. The molecule has 2 aliphatic rings. The zero-order valence-electron chi connectivity index (χ0n) is 16.2. The molecule has 4 heterocycles. The van der Waals surface area contributed by atoms with Crippen LogP contribution in [0.4, 0.5) is 0 Å². The third kappa shape index (κ3) is 4.57.